The predicted octanol–water partition coefficient (Wildman–Crippen LogP) is 4.24. The van der Waals surface area contributed by atoms with Crippen molar-refractivity contribution in [3.05, 3.63) is 78.6 Å². The van der Waals surface area contributed by atoms with Crippen LogP contribution in [-0.2, 0) is 14.6 Å². The molecule has 1 saturated carbocycles. The molecule has 0 saturated heterocycles. The highest BCUT2D eigenvalue weighted by molar-refractivity contribution is 7.92. The van der Waals surface area contributed by atoms with E-state index in [1.165, 1.54) is 6.08 Å². The number of benzene rings is 2. The van der Waals surface area contributed by atoms with Crippen molar-refractivity contribution in [2.24, 2.45) is 0 Å². The second-order valence-corrected chi connectivity index (χ2v) is 9.58. The first-order valence-corrected chi connectivity index (χ1v) is 11.5. The summed E-state index contributed by atoms with van der Waals surface area (Å²) in [4.78, 5) is 12.5. The average Bonchev–Trinajstić information content (AvgIpc) is 3.46. The number of nitrogens with zero attached hydrogens (tertiary/aromatic N) is 2. The van der Waals surface area contributed by atoms with Crippen molar-refractivity contribution in [1.82, 2.24) is 9.78 Å². The molecule has 1 N–H and O–H groups in total. The Labute approximate surface area is 176 Å². The van der Waals surface area contributed by atoms with Gasteiger partial charge in [0, 0.05) is 23.5 Å². The number of sulfone groups is 1. The maximum Gasteiger partial charge on any atom is 0.248 e. The zero-order valence-electron chi connectivity index (χ0n) is 16.4. The van der Waals surface area contributed by atoms with Crippen LogP contribution in [0.4, 0.5) is 5.69 Å². The first-order chi connectivity index (χ1) is 14.5. The molecule has 0 spiro atoms. The molecule has 1 amide bonds. The van der Waals surface area contributed by atoms with Crippen LogP contribution in [0.2, 0.25) is 0 Å². The molecular formula is C23H23N3O3S. The maximum atomic E-state index is 12.6. The third-order valence-corrected chi connectivity index (χ3v) is 7.52. The van der Waals surface area contributed by atoms with Crippen molar-refractivity contribution in [2.45, 2.75) is 35.8 Å². The van der Waals surface area contributed by atoms with Crippen LogP contribution in [0.5, 0.6) is 0 Å². The van der Waals surface area contributed by atoms with Crippen molar-refractivity contribution >= 4 is 27.5 Å². The highest BCUT2D eigenvalue weighted by atomic mass is 32.2. The zero-order chi connectivity index (χ0) is 21.0. The van der Waals surface area contributed by atoms with Gasteiger partial charge in [-0.2, -0.15) is 5.10 Å². The molecule has 0 bridgehead atoms. The molecule has 30 heavy (non-hydrogen) atoms. The van der Waals surface area contributed by atoms with Crippen molar-refractivity contribution < 1.29 is 13.2 Å². The van der Waals surface area contributed by atoms with Crippen molar-refractivity contribution in [3.63, 3.8) is 0 Å². The Morgan fingerprint density at radius 1 is 1.03 bits per heavy atom. The first kappa shape index (κ1) is 20.1. The minimum atomic E-state index is -3.29. The van der Waals surface area contributed by atoms with Crippen LogP contribution in [-0.4, -0.2) is 29.4 Å². The molecule has 0 aliphatic heterocycles. The van der Waals surface area contributed by atoms with Gasteiger partial charge in [-0.1, -0.05) is 31.0 Å². The van der Waals surface area contributed by atoms with Gasteiger partial charge in [0.1, 0.15) is 0 Å². The Kier molecular flexibility index (Phi) is 5.81. The summed E-state index contributed by atoms with van der Waals surface area (Å²) in [5, 5.41) is 6.76. The number of para-hydroxylation sites is 1. The lowest BCUT2D eigenvalue weighted by atomic mass is 10.3. The SMILES string of the molecule is O=C(/C=C/c1cnn(-c2ccccc2)c1)Nc1ccc(S(=O)(=O)C2CCCC2)cc1. The summed E-state index contributed by atoms with van der Waals surface area (Å²) < 4.78 is 27.0. The summed E-state index contributed by atoms with van der Waals surface area (Å²) in [5.74, 6) is -0.297. The molecule has 0 atom stereocenters. The van der Waals surface area contributed by atoms with Crippen molar-refractivity contribution in [2.75, 3.05) is 5.32 Å². The van der Waals surface area contributed by atoms with E-state index in [0.717, 1.165) is 36.9 Å². The second kappa shape index (κ2) is 8.67. The molecule has 1 aliphatic rings. The Hall–Kier alpha value is -3.19. The van der Waals surface area contributed by atoms with E-state index >= 15 is 0 Å². The molecule has 7 heteroatoms. The molecule has 0 radical (unpaired) electrons. The summed E-state index contributed by atoms with van der Waals surface area (Å²) >= 11 is 0. The van der Waals surface area contributed by atoms with Crippen LogP contribution < -0.4 is 5.32 Å². The number of carbonyl (C=O) groups excluding carboxylic acids is 1. The van der Waals surface area contributed by atoms with Gasteiger partial charge in [0.05, 0.1) is 22.0 Å². The molecule has 6 nitrogen and oxygen atoms in total. The number of carbonyl (C=O) groups is 1. The van der Waals surface area contributed by atoms with Crippen LogP contribution in [0.15, 0.2) is 78.0 Å². The summed E-state index contributed by atoms with van der Waals surface area (Å²) in [6.45, 7) is 0. The Morgan fingerprint density at radius 2 is 1.73 bits per heavy atom. The third-order valence-electron chi connectivity index (χ3n) is 5.24. The largest absolute Gasteiger partial charge is 0.323 e. The van der Waals surface area contributed by atoms with Crippen LogP contribution >= 0.6 is 0 Å². The number of amides is 1. The maximum absolute atomic E-state index is 12.6. The Balaban J connectivity index is 1.38. The summed E-state index contributed by atoms with van der Waals surface area (Å²) in [7, 11) is -3.29. The topological polar surface area (TPSA) is 81.1 Å². The number of hydrogen-bond acceptors (Lipinski definition) is 4. The minimum Gasteiger partial charge on any atom is -0.323 e. The predicted molar refractivity (Wildman–Crippen MR) is 117 cm³/mol. The molecule has 1 aromatic heterocycles. The van der Waals surface area contributed by atoms with Gasteiger partial charge in [0.15, 0.2) is 9.84 Å². The van der Waals surface area contributed by atoms with Crippen LogP contribution in [0, 0.1) is 0 Å². The molecule has 4 rings (SSSR count). The summed E-state index contributed by atoms with van der Waals surface area (Å²) in [6.07, 6.45) is 10.0. The van der Waals surface area contributed by atoms with Gasteiger partial charge >= 0.3 is 0 Å². The molecule has 1 fully saturated rings. The first-order valence-electron chi connectivity index (χ1n) is 9.95. The monoisotopic (exact) mass is 421 g/mol. The quantitative estimate of drug-likeness (QED) is 0.604. The van der Waals surface area contributed by atoms with E-state index in [9.17, 15) is 13.2 Å². The van der Waals surface area contributed by atoms with Crippen LogP contribution in [0.25, 0.3) is 11.8 Å². The molecule has 3 aromatic rings. The van der Waals surface area contributed by atoms with Gasteiger partial charge in [-0.15, -0.1) is 0 Å². The van der Waals surface area contributed by atoms with E-state index in [1.807, 2.05) is 36.5 Å². The molecule has 0 unspecified atom stereocenters. The van der Waals surface area contributed by atoms with E-state index in [1.54, 1.807) is 41.2 Å². The highest BCUT2D eigenvalue weighted by Crippen LogP contribution is 2.30. The lowest BCUT2D eigenvalue weighted by Gasteiger charge is -2.11. The molecular weight excluding hydrogens is 398 g/mol. The number of hydrogen-bond donors (Lipinski definition) is 1. The molecule has 154 valence electrons. The third kappa shape index (κ3) is 4.52. The van der Waals surface area contributed by atoms with Crippen molar-refractivity contribution in [3.8, 4) is 5.69 Å². The smallest absolute Gasteiger partial charge is 0.248 e. The van der Waals surface area contributed by atoms with Crippen LogP contribution in [0.1, 0.15) is 31.2 Å². The fourth-order valence-corrected chi connectivity index (χ4v) is 5.47. The number of aromatic nitrogens is 2. The van der Waals surface area contributed by atoms with Gasteiger partial charge in [-0.05, 0) is 55.3 Å². The van der Waals surface area contributed by atoms with Gasteiger partial charge in [-0.3, -0.25) is 4.79 Å². The van der Waals surface area contributed by atoms with E-state index in [-0.39, 0.29) is 11.2 Å². The van der Waals surface area contributed by atoms with E-state index < -0.39 is 9.84 Å². The standard InChI is InChI=1S/C23H23N3O3S/c27-23(15-10-18-16-24-26(17-18)20-6-2-1-3-7-20)25-19-11-13-22(14-12-19)30(28,29)21-8-4-5-9-21/h1-3,6-7,10-17,21H,4-5,8-9H2,(H,25,27)/b15-10+. The minimum absolute atomic E-state index is 0.280. The van der Waals surface area contributed by atoms with Gasteiger partial charge < -0.3 is 5.32 Å². The Bertz CT molecular complexity index is 1140. The lowest BCUT2D eigenvalue weighted by molar-refractivity contribution is -0.111. The van der Waals surface area contributed by atoms with E-state index in [0.29, 0.717) is 10.6 Å². The van der Waals surface area contributed by atoms with Crippen molar-refractivity contribution in [1.29, 1.82) is 0 Å². The lowest BCUT2D eigenvalue weighted by Crippen LogP contribution is -2.17. The Morgan fingerprint density at radius 3 is 2.43 bits per heavy atom. The van der Waals surface area contributed by atoms with E-state index in [2.05, 4.69) is 10.4 Å². The molecule has 2 aromatic carbocycles. The fraction of sp³-hybridized carbons (Fsp3) is 0.217. The number of rotatable bonds is 6. The van der Waals surface area contributed by atoms with Gasteiger partial charge in [0.25, 0.3) is 0 Å². The summed E-state index contributed by atoms with van der Waals surface area (Å²) in [5.41, 5.74) is 2.29. The van der Waals surface area contributed by atoms with Crippen LogP contribution in [0.3, 0.4) is 0 Å². The molecule has 1 aliphatic carbocycles. The normalized spacial score (nSPS) is 14.9. The highest BCUT2D eigenvalue weighted by Gasteiger charge is 2.30. The summed E-state index contributed by atoms with van der Waals surface area (Å²) in [6, 6.07) is 16.1. The van der Waals surface area contributed by atoms with E-state index in [4.69, 9.17) is 0 Å². The van der Waals surface area contributed by atoms with Gasteiger partial charge in [0.2, 0.25) is 5.91 Å². The zero-order valence-corrected chi connectivity index (χ0v) is 17.3. The molecule has 1 heterocycles. The average molecular weight is 422 g/mol. The number of anilines is 1. The fourth-order valence-electron chi connectivity index (χ4n) is 3.62. The van der Waals surface area contributed by atoms with Gasteiger partial charge in [-0.25, -0.2) is 13.1 Å². The number of nitrogens with one attached hydrogen (secondary N) is 1. The second-order valence-electron chi connectivity index (χ2n) is 7.35.